The van der Waals surface area contributed by atoms with Gasteiger partial charge in [-0.15, -0.1) is 11.6 Å². The van der Waals surface area contributed by atoms with Crippen molar-refractivity contribution < 1.29 is 0 Å². The second kappa shape index (κ2) is 4.49. The largest absolute Gasteiger partial charge is 0.265 e. The fraction of sp³-hybridized carbons (Fsp3) is 0.588. The third-order valence-corrected chi connectivity index (χ3v) is 5.89. The fourth-order valence-electron chi connectivity index (χ4n) is 4.23. The Kier molecular flexibility index (Phi) is 2.85. The molecule has 0 saturated heterocycles. The highest BCUT2D eigenvalue weighted by atomic mass is 35.5. The van der Waals surface area contributed by atoms with Crippen LogP contribution >= 0.6 is 11.6 Å². The molecule has 0 radical (unpaired) electrons. The van der Waals surface area contributed by atoms with Gasteiger partial charge in [-0.1, -0.05) is 18.2 Å². The smallest absolute Gasteiger partial charge is 0.0709 e. The second-order valence-electron chi connectivity index (χ2n) is 6.75. The summed E-state index contributed by atoms with van der Waals surface area (Å²) in [6.45, 7) is 3.09. The molecule has 0 aliphatic heterocycles. The average Bonchev–Trinajstić information content (AvgIpc) is 2.96. The number of benzene rings is 1. The lowest BCUT2D eigenvalue weighted by molar-refractivity contribution is 0.300. The first-order valence-electron chi connectivity index (χ1n) is 7.75. The van der Waals surface area contributed by atoms with Crippen molar-refractivity contribution in [2.75, 3.05) is 5.88 Å². The highest BCUT2D eigenvalue weighted by molar-refractivity contribution is 6.18. The molecule has 2 unspecified atom stereocenters. The van der Waals surface area contributed by atoms with E-state index in [-0.39, 0.29) is 0 Å². The van der Waals surface area contributed by atoms with Crippen molar-refractivity contribution in [3.8, 4) is 0 Å². The standard InChI is InChI=1S/C17H21ClN2/c1-2-20-16-6-4-3-5-14(16)15(19-20)10-17(11-18)8-12-7-13(12)9-17/h3-6,12-13H,2,7-11H2,1H3. The minimum absolute atomic E-state index is 0.310. The first-order valence-corrected chi connectivity index (χ1v) is 8.28. The summed E-state index contributed by atoms with van der Waals surface area (Å²) in [4.78, 5) is 0. The third-order valence-electron chi connectivity index (χ3n) is 5.32. The monoisotopic (exact) mass is 288 g/mol. The normalized spacial score (nSPS) is 31.7. The van der Waals surface area contributed by atoms with Crippen molar-refractivity contribution >= 4 is 22.5 Å². The van der Waals surface area contributed by atoms with Crippen molar-refractivity contribution in [1.82, 2.24) is 9.78 Å². The molecule has 3 heteroatoms. The van der Waals surface area contributed by atoms with Gasteiger partial charge in [0.25, 0.3) is 0 Å². The van der Waals surface area contributed by atoms with E-state index < -0.39 is 0 Å². The molecule has 0 amide bonds. The Hall–Kier alpha value is -1.02. The summed E-state index contributed by atoms with van der Waals surface area (Å²) in [6.07, 6.45) is 5.13. The van der Waals surface area contributed by atoms with Crippen molar-refractivity contribution in [3.05, 3.63) is 30.0 Å². The molecule has 2 aliphatic rings. The van der Waals surface area contributed by atoms with Gasteiger partial charge in [0, 0.05) is 17.8 Å². The van der Waals surface area contributed by atoms with Crippen molar-refractivity contribution in [1.29, 1.82) is 0 Å². The van der Waals surface area contributed by atoms with Crippen LogP contribution in [-0.2, 0) is 13.0 Å². The number of rotatable bonds is 4. The Morgan fingerprint density at radius 3 is 2.75 bits per heavy atom. The van der Waals surface area contributed by atoms with Crippen LogP contribution in [0, 0.1) is 17.3 Å². The SMILES string of the molecule is CCn1nc(CC2(CCl)CC3CC3C2)c2ccccc21. The predicted molar refractivity (Wildman–Crippen MR) is 83.1 cm³/mol. The molecule has 1 heterocycles. The summed E-state index contributed by atoms with van der Waals surface area (Å²) in [7, 11) is 0. The predicted octanol–water partition coefficient (Wildman–Crippen LogP) is 4.25. The van der Waals surface area contributed by atoms with Gasteiger partial charge in [0.15, 0.2) is 0 Å². The maximum absolute atomic E-state index is 6.36. The Morgan fingerprint density at radius 1 is 1.30 bits per heavy atom. The number of alkyl halides is 1. The molecule has 2 nitrogen and oxygen atoms in total. The van der Waals surface area contributed by atoms with Crippen LogP contribution in [0.3, 0.4) is 0 Å². The lowest BCUT2D eigenvalue weighted by atomic mass is 9.80. The first kappa shape index (κ1) is 12.7. The number of aromatic nitrogens is 2. The van der Waals surface area contributed by atoms with Gasteiger partial charge in [0.2, 0.25) is 0 Å². The lowest BCUT2D eigenvalue weighted by Crippen LogP contribution is -2.24. The van der Waals surface area contributed by atoms with Gasteiger partial charge in [-0.25, -0.2) is 0 Å². The van der Waals surface area contributed by atoms with Crippen LogP contribution in [-0.4, -0.2) is 15.7 Å². The van der Waals surface area contributed by atoms with Crippen LogP contribution in [0.2, 0.25) is 0 Å². The van der Waals surface area contributed by atoms with E-state index in [1.165, 1.54) is 35.9 Å². The minimum Gasteiger partial charge on any atom is -0.265 e. The van der Waals surface area contributed by atoms with Crippen LogP contribution in [0.5, 0.6) is 0 Å². The van der Waals surface area contributed by atoms with E-state index in [0.717, 1.165) is 30.7 Å². The zero-order chi connectivity index (χ0) is 13.7. The Bertz CT molecular complexity index is 635. The third kappa shape index (κ3) is 1.88. The van der Waals surface area contributed by atoms with E-state index in [4.69, 9.17) is 16.7 Å². The first-order chi connectivity index (χ1) is 9.74. The van der Waals surface area contributed by atoms with Crippen LogP contribution in [0.1, 0.15) is 31.9 Å². The van der Waals surface area contributed by atoms with E-state index in [0.29, 0.717) is 5.41 Å². The number of aryl methyl sites for hydroxylation is 1. The molecule has 0 bridgehead atoms. The summed E-state index contributed by atoms with van der Waals surface area (Å²) < 4.78 is 2.13. The van der Waals surface area contributed by atoms with E-state index in [1.54, 1.807) is 0 Å². The topological polar surface area (TPSA) is 17.8 Å². The number of halogens is 1. The lowest BCUT2D eigenvalue weighted by Gasteiger charge is -2.27. The quantitative estimate of drug-likeness (QED) is 0.769. The molecule has 1 aromatic carbocycles. The van der Waals surface area contributed by atoms with Crippen LogP contribution < -0.4 is 0 Å². The van der Waals surface area contributed by atoms with Gasteiger partial charge in [0.1, 0.15) is 0 Å². The molecule has 2 fully saturated rings. The molecule has 2 aliphatic carbocycles. The number of fused-ring (bicyclic) bond motifs is 2. The van der Waals surface area contributed by atoms with Crippen LogP contribution in [0.15, 0.2) is 24.3 Å². The van der Waals surface area contributed by atoms with Gasteiger partial charge >= 0.3 is 0 Å². The van der Waals surface area contributed by atoms with Gasteiger partial charge in [-0.3, -0.25) is 4.68 Å². The van der Waals surface area contributed by atoms with Gasteiger partial charge < -0.3 is 0 Å². The number of para-hydroxylation sites is 1. The molecular weight excluding hydrogens is 268 g/mol. The van der Waals surface area contributed by atoms with E-state index >= 15 is 0 Å². The van der Waals surface area contributed by atoms with Gasteiger partial charge in [-0.2, -0.15) is 5.10 Å². The summed E-state index contributed by atoms with van der Waals surface area (Å²) in [5, 5.41) is 6.18. The van der Waals surface area contributed by atoms with Crippen LogP contribution in [0.4, 0.5) is 0 Å². The molecule has 1 aromatic heterocycles. The van der Waals surface area contributed by atoms with Gasteiger partial charge in [0.05, 0.1) is 11.2 Å². The molecule has 0 N–H and O–H groups in total. The molecule has 2 aromatic rings. The maximum Gasteiger partial charge on any atom is 0.0709 e. The molecule has 0 spiro atoms. The highest BCUT2D eigenvalue weighted by Crippen LogP contribution is 2.61. The minimum atomic E-state index is 0.310. The average molecular weight is 289 g/mol. The van der Waals surface area contributed by atoms with E-state index in [9.17, 15) is 0 Å². The molecule has 4 rings (SSSR count). The summed E-state index contributed by atoms with van der Waals surface area (Å²) in [5.41, 5.74) is 2.83. The maximum atomic E-state index is 6.36. The summed E-state index contributed by atoms with van der Waals surface area (Å²) in [5.74, 6) is 2.72. The van der Waals surface area contributed by atoms with Crippen molar-refractivity contribution in [2.24, 2.45) is 17.3 Å². The molecule has 20 heavy (non-hydrogen) atoms. The number of nitrogens with zero attached hydrogens (tertiary/aromatic N) is 2. The van der Waals surface area contributed by atoms with Crippen molar-refractivity contribution in [3.63, 3.8) is 0 Å². The van der Waals surface area contributed by atoms with Crippen molar-refractivity contribution in [2.45, 2.75) is 39.2 Å². The zero-order valence-corrected chi connectivity index (χ0v) is 12.7. The Balaban J connectivity index is 1.71. The number of hydrogen-bond donors (Lipinski definition) is 0. The van der Waals surface area contributed by atoms with Crippen LogP contribution in [0.25, 0.3) is 10.9 Å². The zero-order valence-electron chi connectivity index (χ0n) is 12.0. The fourth-order valence-corrected chi connectivity index (χ4v) is 4.54. The summed E-state index contributed by atoms with van der Waals surface area (Å²) in [6, 6.07) is 8.60. The van der Waals surface area contributed by atoms with E-state index in [1.807, 2.05) is 0 Å². The number of hydrogen-bond acceptors (Lipinski definition) is 1. The summed E-state index contributed by atoms with van der Waals surface area (Å²) >= 11 is 6.36. The second-order valence-corrected chi connectivity index (χ2v) is 7.02. The van der Waals surface area contributed by atoms with Gasteiger partial charge in [-0.05, 0) is 55.9 Å². The molecule has 106 valence electrons. The van der Waals surface area contributed by atoms with E-state index in [2.05, 4.69) is 35.9 Å². The Labute approximate surface area is 125 Å². The molecule has 2 atom stereocenters. The Morgan fingerprint density at radius 2 is 2.05 bits per heavy atom. The highest BCUT2D eigenvalue weighted by Gasteiger charge is 2.53. The molecule has 2 saturated carbocycles. The molecular formula is C17H21ClN2.